The molecule has 2 rings (SSSR count). The topological polar surface area (TPSA) is 12.0 Å². The number of hydrogen-bond donors (Lipinski definition) is 1. The molecule has 1 unspecified atom stereocenters. The summed E-state index contributed by atoms with van der Waals surface area (Å²) < 4.78 is 0. The Kier molecular flexibility index (Phi) is 5.42. The van der Waals surface area contributed by atoms with Gasteiger partial charge in [-0.2, -0.15) is 0 Å². The first kappa shape index (κ1) is 16.8. The van der Waals surface area contributed by atoms with Crippen LogP contribution in [0.4, 0.5) is 0 Å². The van der Waals surface area contributed by atoms with Gasteiger partial charge in [-0.3, -0.25) is 0 Å². The lowest BCUT2D eigenvalue weighted by Gasteiger charge is -2.19. The van der Waals surface area contributed by atoms with Gasteiger partial charge < -0.3 is 5.32 Å². The van der Waals surface area contributed by atoms with Gasteiger partial charge in [0.05, 0.1) is 0 Å². The van der Waals surface area contributed by atoms with Crippen molar-refractivity contribution in [1.82, 2.24) is 5.32 Å². The fraction of sp³-hybridized carbons (Fsp3) is 0.429. The van der Waals surface area contributed by atoms with Crippen molar-refractivity contribution in [2.45, 2.75) is 52.0 Å². The molecule has 1 heteroatoms. The maximum absolute atomic E-state index is 3.29. The van der Waals surface area contributed by atoms with E-state index in [-0.39, 0.29) is 5.41 Å². The summed E-state index contributed by atoms with van der Waals surface area (Å²) in [7, 11) is 2.02. The van der Waals surface area contributed by atoms with E-state index in [1.54, 1.807) is 0 Å². The average molecular weight is 295 g/mol. The molecule has 0 radical (unpaired) electrons. The highest BCUT2D eigenvalue weighted by Gasteiger charge is 2.13. The molecule has 1 N–H and O–H groups in total. The van der Waals surface area contributed by atoms with Gasteiger partial charge >= 0.3 is 0 Å². The largest absolute Gasteiger partial charge is 0.317 e. The molecule has 0 saturated heterocycles. The summed E-state index contributed by atoms with van der Waals surface area (Å²) in [6.07, 6.45) is 2.31. The Balaban J connectivity index is 2.07. The third-order valence-corrected chi connectivity index (χ3v) is 4.40. The van der Waals surface area contributed by atoms with Gasteiger partial charge in [-0.15, -0.1) is 0 Å². The zero-order valence-corrected chi connectivity index (χ0v) is 14.6. The number of benzene rings is 2. The Morgan fingerprint density at radius 1 is 0.864 bits per heavy atom. The lowest BCUT2D eigenvalue weighted by atomic mass is 9.86. The normalized spacial score (nSPS) is 13.1. The first-order valence-corrected chi connectivity index (χ1v) is 8.27. The minimum absolute atomic E-state index is 0.215. The van der Waals surface area contributed by atoms with Crippen molar-refractivity contribution in [3.8, 4) is 11.1 Å². The molecule has 0 aliphatic rings. The van der Waals surface area contributed by atoms with E-state index in [1.807, 2.05) is 7.05 Å². The molecule has 0 aromatic heterocycles. The number of rotatable bonds is 5. The Hall–Kier alpha value is -1.60. The van der Waals surface area contributed by atoms with Crippen LogP contribution >= 0.6 is 0 Å². The summed E-state index contributed by atoms with van der Waals surface area (Å²) in [5.74, 6) is 0. The first-order valence-electron chi connectivity index (χ1n) is 8.27. The summed E-state index contributed by atoms with van der Waals surface area (Å²) >= 11 is 0. The first-order chi connectivity index (χ1) is 10.4. The molecular weight excluding hydrogens is 266 g/mol. The molecule has 0 bridgehead atoms. The summed E-state index contributed by atoms with van der Waals surface area (Å²) in [5, 5.41) is 3.29. The fourth-order valence-electron chi connectivity index (χ4n) is 2.55. The Bertz CT molecular complexity index is 573. The molecule has 0 heterocycles. The van der Waals surface area contributed by atoms with E-state index in [0.29, 0.717) is 6.04 Å². The molecule has 0 spiro atoms. The van der Waals surface area contributed by atoms with Crippen LogP contribution in [0.1, 0.15) is 45.2 Å². The highest BCUT2D eigenvalue weighted by molar-refractivity contribution is 5.64. The molecule has 0 amide bonds. The summed E-state index contributed by atoms with van der Waals surface area (Å²) in [6.45, 7) is 8.99. The second kappa shape index (κ2) is 7.11. The maximum atomic E-state index is 3.29. The van der Waals surface area contributed by atoms with Crippen LogP contribution in [-0.4, -0.2) is 13.1 Å². The van der Waals surface area contributed by atoms with Crippen molar-refractivity contribution < 1.29 is 0 Å². The van der Waals surface area contributed by atoms with Gasteiger partial charge in [-0.1, -0.05) is 69.3 Å². The summed E-state index contributed by atoms with van der Waals surface area (Å²) in [6, 6.07) is 18.5. The van der Waals surface area contributed by atoms with Gasteiger partial charge in [0.25, 0.3) is 0 Å². The fourth-order valence-corrected chi connectivity index (χ4v) is 2.55. The van der Waals surface area contributed by atoms with Crippen LogP contribution in [0.5, 0.6) is 0 Å². The van der Waals surface area contributed by atoms with Crippen molar-refractivity contribution in [2.75, 3.05) is 7.05 Å². The van der Waals surface area contributed by atoms with Crippen LogP contribution in [0.15, 0.2) is 48.5 Å². The zero-order chi connectivity index (χ0) is 16.2. The maximum Gasteiger partial charge on any atom is 0.00388 e. The lowest BCUT2D eigenvalue weighted by molar-refractivity contribution is 0.565. The SMILES string of the molecule is CNC(C)CCc1ccc(-c2ccc(C(C)(C)C)cc2)cc1. The molecule has 0 aliphatic heterocycles. The second-order valence-corrected chi connectivity index (χ2v) is 7.25. The van der Waals surface area contributed by atoms with Crippen molar-refractivity contribution in [2.24, 2.45) is 0 Å². The van der Waals surface area contributed by atoms with Gasteiger partial charge in [0, 0.05) is 6.04 Å². The van der Waals surface area contributed by atoms with Crippen LogP contribution < -0.4 is 5.32 Å². The van der Waals surface area contributed by atoms with Crippen molar-refractivity contribution in [1.29, 1.82) is 0 Å². The minimum Gasteiger partial charge on any atom is -0.317 e. The smallest absolute Gasteiger partial charge is 0.00388 e. The van der Waals surface area contributed by atoms with E-state index in [1.165, 1.54) is 28.7 Å². The number of aryl methyl sites for hydroxylation is 1. The standard InChI is InChI=1S/C21H29N/c1-16(22-5)6-7-17-8-10-18(11-9-17)19-12-14-20(15-13-19)21(2,3)4/h8-16,22H,6-7H2,1-5H3. The van der Waals surface area contributed by atoms with E-state index in [9.17, 15) is 0 Å². The van der Waals surface area contributed by atoms with Gasteiger partial charge in [-0.05, 0) is 54.5 Å². The monoisotopic (exact) mass is 295 g/mol. The summed E-state index contributed by atoms with van der Waals surface area (Å²) in [5.41, 5.74) is 5.60. The van der Waals surface area contributed by atoms with E-state index in [2.05, 4.69) is 81.5 Å². The molecule has 0 saturated carbocycles. The number of nitrogens with one attached hydrogen (secondary N) is 1. The molecule has 22 heavy (non-hydrogen) atoms. The van der Waals surface area contributed by atoms with Crippen LogP contribution in [0, 0.1) is 0 Å². The van der Waals surface area contributed by atoms with E-state index in [4.69, 9.17) is 0 Å². The van der Waals surface area contributed by atoms with Crippen LogP contribution in [0.2, 0.25) is 0 Å². The second-order valence-electron chi connectivity index (χ2n) is 7.25. The minimum atomic E-state index is 0.215. The molecule has 1 nitrogen and oxygen atoms in total. The van der Waals surface area contributed by atoms with Gasteiger partial charge in [-0.25, -0.2) is 0 Å². The van der Waals surface area contributed by atoms with Crippen molar-refractivity contribution in [3.63, 3.8) is 0 Å². The third-order valence-electron chi connectivity index (χ3n) is 4.40. The van der Waals surface area contributed by atoms with Gasteiger partial charge in [0.2, 0.25) is 0 Å². The van der Waals surface area contributed by atoms with Crippen molar-refractivity contribution in [3.05, 3.63) is 59.7 Å². The van der Waals surface area contributed by atoms with Crippen LogP contribution in [-0.2, 0) is 11.8 Å². The average Bonchev–Trinajstić information content (AvgIpc) is 2.52. The third kappa shape index (κ3) is 4.45. The molecule has 0 fully saturated rings. The zero-order valence-electron chi connectivity index (χ0n) is 14.6. The Morgan fingerprint density at radius 2 is 1.36 bits per heavy atom. The van der Waals surface area contributed by atoms with E-state index in [0.717, 1.165) is 6.42 Å². The molecular formula is C21H29N. The van der Waals surface area contributed by atoms with E-state index < -0.39 is 0 Å². The highest BCUT2D eigenvalue weighted by atomic mass is 14.8. The quantitative estimate of drug-likeness (QED) is 0.800. The molecule has 0 aliphatic carbocycles. The highest BCUT2D eigenvalue weighted by Crippen LogP contribution is 2.26. The number of hydrogen-bond acceptors (Lipinski definition) is 1. The van der Waals surface area contributed by atoms with Gasteiger partial charge in [0.15, 0.2) is 0 Å². The van der Waals surface area contributed by atoms with Crippen LogP contribution in [0.3, 0.4) is 0 Å². The predicted octanol–water partition coefficient (Wildman–Crippen LogP) is 5.19. The van der Waals surface area contributed by atoms with Crippen molar-refractivity contribution >= 4 is 0 Å². The molecule has 2 aromatic rings. The molecule has 2 aromatic carbocycles. The Morgan fingerprint density at radius 3 is 1.82 bits per heavy atom. The Labute approximate surface area is 135 Å². The molecule has 1 atom stereocenters. The predicted molar refractivity (Wildman–Crippen MR) is 97.4 cm³/mol. The lowest BCUT2D eigenvalue weighted by Crippen LogP contribution is -2.21. The molecule has 118 valence electrons. The van der Waals surface area contributed by atoms with Gasteiger partial charge in [0.1, 0.15) is 0 Å². The van der Waals surface area contributed by atoms with Crippen LogP contribution in [0.25, 0.3) is 11.1 Å². The summed E-state index contributed by atoms with van der Waals surface area (Å²) in [4.78, 5) is 0. The van der Waals surface area contributed by atoms with E-state index >= 15 is 0 Å².